The lowest BCUT2D eigenvalue weighted by Gasteiger charge is -2.33. The highest BCUT2D eigenvalue weighted by Gasteiger charge is 2.25. The van der Waals surface area contributed by atoms with Crippen LogP contribution >= 0.6 is 11.3 Å². The first kappa shape index (κ1) is 18.5. The summed E-state index contributed by atoms with van der Waals surface area (Å²) in [6, 6.07) is 6.39. The molecule has 2 aromatic heterocycles. The Labute approximate surface area is 161 Å². The second-order valence-electron chi connectivity index (χ2n) is 6.85. The third-order valence-electron chi connectivity index (χ3n) is 4.83. The smallest absolute Gasteiger partial charge is 0.211 e. The molecule has 0 N–H and O–H groups in total. The van der Waals surface area contributed by atoms with Gasteiger partial charge in [0, 0.05) is 49.4 Å². The predicted molar refractivity (Wildman–Crippen MR) is 105 cm³/mol. The van der Waals surface area contributed by atoms with Gasteiger partial charge in [-0.3, -0.25) is 9.30 Å². The van der Waals surface area contributed by atoms with E-state index in [-0.39, 0.29) is 5.82 Å². The van der Waals surface area contributed by atoms with Crippen molar-refractivity contribution in [3.63, 3.8) is 0 Å². The van der Waals surface area contributed by atoms with Crippen molar-refractivity contribution in [1.29, 1.82) is 0 Å². The topological polar surface area (TPSA) is 57.9 Å². The molecule has 0 spiro atoms. The molecule has 0 aliphatic carbocycles. The van der Waals surface area contributed by atoms with Gasteiger partial charge in [-0.2, -0.15) is 4.31 Å². The highest BCUT2D eigenvalue weighted by molar-refractivity contribution is 7.88. The minimum Gasteiger partial charge on any atom is -0.295 e. The molecule has 0 unspecified atom stereocenters. The highest BCUT2D eigenvalue weighted by atomic mass is 32.2. The van der Waals surface area contributed by atoms with Crippen molar-refractivity contribution in [2.45, 2.75) is 13.5 Å². The zero-order chi connectivity index (χ0) is 19.2. The molecule has 1 saturated heterocycles. The second-order valence-corrected chi connectivity index (χ2v) is 10.0. The molecule has 9 heteroatoms. The van der Waals surface area contributed by atoms with Gasteiger partial charge in [-0.15, -0.1) is 11.3 Å². The Morgan fingerprint density at radius 3 is 2.44 bits per heavy atom. The van der Waals surface area contributed by atoms with E-state index in [4.69, 9.17) is 4.98 Å². The molecule has 1 fully saturated rings. The number of hydrogen-bond donors (Lipinski definition) is 0. The average molecular weight is 409 g/mol. The summed E-state index contributed by atoms with van der Waals surface area (Å²) in [6.07, 6.45) is 3.33. The first-order valence-electron chi connectivity index (χ1n) is 8.72. The van der Waals surface area contributed by atoms with Crippen molar-refractivity contribution >= 4 is 26.3 Å². The summed E-state index contributed by atoms with van der Waals surface area (Å²) in [5, 5.41) is 0. The van der Waals surface area contributed by atoms with E-state index in [1.807, 2.05) is 6.92 Å². The monoisotopic (exact) mass is 408 g/mol. The Kier molecular flexibility index (Phi) is 4.79. The first-order valence-corrected chi connectivity index (χ1v) is 11.4. The van der Waals surface area contributed by atoms with Gasteiger partial charge >= 0.3 is 0 Å². The van der Waals surface area contributed by atoms with E-state index >= 15 is 0 Å². The number of benzene rings is 1. The molecule has 1 aliphatic heterocycles. The maximum Gasteiger partial charge on any atom is 0.211 e. The van der Waals surface area contributed by atoms with E-state index < -0.39 is 10.0 Å². The predicted octanol–water partition coefficient (Wildman–Crippen LogP) is 2.59. The van der Waals surface area contributed by atoms with Gasteiger partial charge in [0.05, 0.1) is 17.6 Å². The number of hydrogen-bond acceptors (Lipinski definition) is 5. The summed E-state index contributed by atoms with van der Waals surface area (Å²) in [7, 11) is -3.14. The number of halogens is 1. The minimum atomic E-state index is -3.14. The number of thiazole rings is 1. The molecule has 0 bridgehead atoms. The number of aromatic nitrogens is 2. The SMILES string of the molecule is Cc1cn2c(CN3CCN(S(C)(=O)=O)CC3)c(-c3ccc(F)cc3)nc2s1. The van der Waals surface area contributed by atoms with Crippen LogP contribution in [-0.4, -0.2) is 59.4 Å². The fourth-order valence-electron chi connectivity index (χ4n) is 3.42. The van der Waals surface area contributed by atoms with E-state index in [2.05, 4.69) is 15.5 Å². The van der Waals surface area contributed by atoms with Gasteiger partial charge in [-0.05, 0) is 31.2 Å². The van der Waals surface area contributed by atoms with Crippen LogP contribution in [0, 0.1) is 12.7 Å². The van der Waals surface area contributed by atoms with Gasteiger partial charge in [-0.1, -0.05) is 0 Å². The molecule has 27 heavy (non-hydrogen) atoms. The van der Waals surface area contributed by atoms with E-state index in [0.29, 0.717) is 32.7 Å². The van der Waals surface area contributed by atoms with E-state index in [1.165, 1.54) is 27.6 Å². The zero-order valence-electron chi connectivity index (χ0n) is 15.2. The van der Waals surface area contributed by atoms with Crippen LogP contribution in [0.4, 0.5) is 4.39 Å². The van der Waals surface area contributed by atoms with Crippen LogP contribution in [0.1, 0.15) is 10.6 Å². The maximum absolute atomic E-state index is 13.3. The van der Waals surface area contributed by atoms with E-state index in [0.717, 1.165) is 21.9 Å². The number of fused-ring (bicyclic) bond motifs is 1. The second kappa shape index (κ2) is 6.97. The van der Waals surface area contributed by atoms with Crippen molar-refractivity contribution in [1.82, 2.24) is 18.6 Å². The third-order valence-corrected chi connectivity index (χ3v) is 7.03. The summed E-state index contributed by atoms with van der Waals surface area (Å²) in [6.45, 7) is 5.05. The van der Waals surface area contributed by atoms with Crippen LogP contribution in [0.3, 0.4) is 0 Å². The van der Waals surface area contributed by atoms with Gasteiger partial charge in [-0.25, -0.2) is 17.8 Å². The molecule has 0 saturated carbocycles. The van der Waals surface area contributed by atoms with Crippen molar-refractivity contribution in [2.24, 2.45) is 0 Å². The van der Waals surface area contributed by atoms with Crippen LogP contribution < -0.4 is 0 Å². The molecule has 1 aromatic carbocycles. The minimum absolute atomic E-state index is 0.269. The molecule has 1 aliphatic rings. The van der Waals surface area contributed by atoms with Crippen molar-refractivity contribution in [3.05, 3.63) is 46.9 Å². The molecular formula is C18H21FN4O2S2. The Balaban J connectivity index is 1.64. The van der Waals surface area contributed by atoms with Gasteiger partial charge < -0.3 is 0 Å². The average Bonchev–Trinajstić information content (AvgIpc) is 3.13. The van der Waals surface area contributed by atoms with E-state index in [1.54, 1.807) is 23.5 Å². The first-order chi connectivity index (χ1) is 12.8. The van der Waals surface area contributed by atoms with Gasteiger partial charge in [0.15, 0.2) is 4.96 Å². The van der Waals surface area contributed by atoms with Crippen LogP contribution in [0.25, 0.3) is 16.2 Å². The number of sulfonamides is 1. The van der Waals surface area contributed by atoms with Crippen LogP contribution in [0.5, 0.6) is 0 Å². The molecule has 144 valence electrons. The molecule has 0 radical (unpaired) electrons. The molecule has 6 nitrogen and oxygen atoms in total. The molecule has 3 aromatic rings. The Bertz CT molecular complexity index is 1060. The number of piperazine rings is 1. The normalized spacial score (nSPS) is 17.0. The largest absolute Gasteiger partial charge is 0.295 e. The molecule has 3 heterocycles. The number of aryl methyl sites for hydroxylation is 1. The summed E-state index contributed by atoms with van der Waals surface area (Å²) >= 11 is 1.62. The molecular weight excluding hydrogens is 387 g/mol. The molecule has 0 amide bonds. The Morgan fingerprint density at radius 1 is 1.15 bits per heavy atom. The van der Waals surface area contributed by atoms with Crippen LogP contribution in [-0.2, 0) is 16.6 Å². The Morgan fingerprint density at radius 2 is 1.81 bits per heavy atom. The van der Waals surface area contributed by atoms with Gasteiger partial charge in [0.1, 0.15) is 5.82 Å². The van der Waals surface area contributed by atoms with Crippen molar-refractivity contribution in [2.75, 3.05) is 32.4 Å². The standard InChI is InChI=1S/C18H21FN4O2S2/c1-13-11-23-16(12-21-7-9-22(10-8-21)27(2,24)25)17(20-18(23)26-13)14-3-5-15(19)6-4-14/h3-6,11H,7-10,12H2,1-2H3. The third kappa shape index (κ3) is 3.77. The lowest BCUT2D eigenvalue weighted by Crippen LogP contribution is -2.47. The highest BCUT2D eigenvalue weighted by Crippen LogP contribution is 2.29. The number of rotatable bonds is 4. The summed E-state index contributed by atoms with van der Waals surface area (Å²) in [5.41, 5.74) is 2.79. The zero-order valence-corrected chi connectivity index (χ0v) is 16.9. The molecule has 0 atom stereocenters. The fraction of sp³-hybridized carbons (Fsp3) is 0.389. The van der Waals surface area contributed by atoms with Crippen LogP contribution in [0.2, 0.25) is 0 Å². The molecule has 4 rings (SSSR count). The lowest BCUT2D eigenvalue weighted by molar-refractivity contribution is 0.180. The van der Waals surface area contributed by atoms with Gasteiger partial charge in [0.2, 0.25) is 10.0 Å². The van der Waals surface area contributed by atoms with Crippen molar-refractivity contribution in [3.8, 4) is 11.3 Å². The van der Waals surface area contributed by atoms with E-state index in [9.17, 15) is 12.8 Å². The van der Waals surface area contributed by atoms with Crippen molar-refractivity contribution < 1.29 is 12.8 Å². The quantitative estimate of drug-likeness (QED) is 0.666. The summed E-state index contributed by atoms with van der Waals surface area (Å²) in [5.74, 6) is -0.269. The number of imidazole rings is 1. The summed E-state index contributed by atoms with van der Waals surface area (Å²) < 4.78 is 40.4. The summed E-state index contributed by atoms with van der Waals surface area (Å²) in [4.78, 5) is 9.11. The number of nitrogens with zero attached hydrogens (tertiary/aromatic N) is 4. The van der Waals surface area contributed by atoms with Crippen LogP contribution in [0.15, 0.2) is 30.5 Å². The fourth-order valence-corrected chi connectivity index (χ4v) is 5.09. The Hall–Kier alpha value is -1.81. The lowest BCUT2D eigenvalue weighted by atomic mass is 10.1. The maximum atomic E-state index is 13.3. The van der Waals surface area contributed by atoms with Gasteiger partial charge in [0.25, 0.3) is 0 Å².